The second-order valence-electron chi connectivity index (χ2n) is 2.27. The lowest BCUT2D eigenvalue weighted by Crippen LogP contribution is -2.06. The van der Waals surface area contributed by atoms with Gasteiger partial charge in [0.15, 0.2) is 0 Å². The minimum Gasteiger partial charge on any atom is -0.388 e. The van der Waals surface area contributed by atoms with Crippen LogP contribution in [0.5, 0.6) is 0 Å². The van der Waals surface area contributed by atoms with Crippen LogP contribution in [0.3, 0.4) is 0 Å². The van der Waals surface area contributed by atoms with Crippen LogP contribution in [0.4, 0.5) is 0 Å². The Labute approximate surface area is 88.2 Å². The lowest BCUT2D eigenvalue weighted by atomic mass is 10.4. The molecule has 0 heterocycles. The molecule has 0 spiro atoms. The summed E-state index contributed by atoms with van der Waals surface area (Å²) < 4.78 is 4.77. The van der Waals surface area contributed by atoms with Gasteiger partial charge in [-0.25, -0.2) is 4.79 Å². The van der Waals surface area contributed by atoms with Crippen LogP contribution in [0.25, 0.3) is 0 Å². The van der Waals surface area contributed by atoms with Gasteiger partial charge in [-0.15, -0.1) is 0 Å². The van der Waals surface area contributed by atoms with E-state index in [1.54, 1.807) is 6.92 Å². The third kappa shape index (κ3) is 5.85. The number of thiol groups is 2. The van der Waals surface area contributed by atoms with E-state index < -0.39 is 0 Å². The fourth-order valence-corrected chi connectivity index (χ4v) is 1.37. The summed E-state index contributed by atoms with van der Waals surface area (Å²) >= 11 is 9.29. The smallest absolute Gasteiger partial charge is 0.345 e. The van der Waals surface area contributed by atoms with Gasteiger partial charge in [-0.2, -0.15) is 25.3 Å². The van der Waals surface area contributed by atoms with E-state index >= 15 is 0 Å². The van der Waals surface area contributed by atoms with Crippen LogP contribution in [-0.2, 0) is 8.98 Å². The number of hydrogen-bond donors (Lipinski definition) is 2. The van der Waals surface area contributed by atoms with Crippen molar-refractivity contribution < 1.29 is 8.98 Å². The van der Waals surface area contributed by atoms with Crippen molar-refractivity contribution in [3.8, 4) is 0 Å². The lowest BCUT2D eigenvalue weighted by Gasteiger charge is -2.05. The number of hydrogen-bond acceptors (Lipinski definition) is 5. The first-order valence-corrected chi connectivity index (χ1v) is 5.42. The Hall–Kier alpha value is 0.260. The van der Waals surface area contributed by atoms with Crippen LogP contribution in [0, 0.1) is 0 Å². The Balaban J connectivity index is 3.44. The van der Waals surface area contributed by atoms with Gasteiger partial charge >= 0.3 is 5.97 Å². The third-order valence-electron chi connectivity index (χ3n) is 0.954. The van der Waals surface area contributed by atoms with Crippen LogP contribution < -0.4 is 0 Å². The second kappa shape index (κ2) is 6.74. The Bertz CT molecular complexity index is 170. The standard InChI is InChI=1S/C7H12O2S3/c1-5(2)7(8)9-12-4-6(11)3-10/h6,10-11H,1,3-4H2,2H3. The number of carbonyl (C=O) groups is 1. The zero-order valence-electron chi connectivity index (χ0n) is 6.82. The largest absolute Gasteiger partial charge is 0.388 e. The molecule has 0 aromatic carbocycles. The van der Waals surface area contributed by atoms with E-state index in [4.69, 9.17) is 4.18 Å². The van der Waals surface area contributed by atoms with Crippen molar-refractivity contribution in [3.05, 3.63) is 12.2 Å². The maximum absolute atomic E-state index is 10.8. The average Bonchev–Trinajstić information content (AvgIpc) is 2.03. The quantitative estimate of drug-likeness (QED) is 0.425. The summed E-state index contributed by atoms with van der Waals surface area (Å²) in [5.74, 6) is 0.937. The summed E-state index contributed by atoms with van der Waals surface area (Å²) in [5, 5.41) is 0.149. The van der Waals surface area contributed by atoms with E-state index in [-0.39, 0.29) is 11.2 Å². The van der Waals surface area contributed by atoms with Crippen molar-refractivity contribution in [2.75, 3.05) is 11.5 Å². The molecule has 0 saturated carbocycles. The molecule has 0 fully saturated rings. The first-order chi connectivity index (χ1) is 5.57. The minimum atomic E-state index is -0.375. The zero-order chi connectivity index (χ0) is 9.56. The summed E-state index contributed by atoms with van der Waals surface area (Å²) in [4.78, 5) is 10.8. The molecule has 1 atom stereocenters. The predicted octanol–water partition coefficient (Wildman–Crippen LogP) is 1.98. The average molecular weight is 224 g/mol. The molecule has 70 valence electrons. The van der Waals surface area contributed by atoms with Crippen molar-refractivity contribution in [2.24, 2.45) is 0 Å². The van der Waals surface area contributed by atoms with Gasteiger partial charge in [0.25, 0.3) is 0 Å². The highest BCUT2D eigenvalue weighted by atomic mass is 32.2. The number of carbonyl (C=O) groups excluding carboxylic acids is 1. The normalized spacial score (nSPS) is 12.2. The third-order valence-corrected chi connectivity index (χ3v) is 3.10. The zero-order valence-corrected chi connectivity index (χ0v) is 9.42. The minimum absolute atomic E-state index is 0.149. The van der Waals surface area contributed by atoms with Crippen LogP contribution in [0.15, 0.2) is 12.2 Å². The van der Waals surface area contributed by atoms with Crippen LogP contribution in [0.1, 0.15) is 6.92 Å². The van der Waals surface area contributed by atoms with E-state index in [1.807, 2.05) is 0 Å². The van der Waals surface area contributed by atoms with Crippen LogP contribution in [-0.4, -0.2) is 22.7 Å². The maximum Gasteiger partial charge on any atom is 0.345 e. The van der Waals surface area contributed by atoms with E-state index in [0.29, 0.717) is 17.1 Å². The Morgan fingerprint density at radius 1 is 1.75 bits per heavy atom. The van der Waals surface area contributed by atoms with Crippen LogP contribution in [0.2, 0.25) is 0 Å². The molecule has 0 aromatic rings. The fraction of sp³-hybridized carbons (Fsp3) is 0.571. The predicted molar refractivity (Wildman–Crippen MR) is 60.0 cm³/mol. The van der Waals surface area contributed by atoms with Gasteiger partial charge in [0.2, 0.25) is 0 Å². The van der Waals surface area contributed by atoms with Crippen LogP contribution >= 0.6 is 37.3 Å². The molecule has 5 heteroatoms. The SMILES string of the molecule is C=C(C)C(=O)OSCC(S)CS. The summed E-state index contributed by atoms with van der Waals surface area (Å²) in [5.41, 5.74) is 0.407. The van der Waals surface area contributed by atoms with Crippen molar-refractivity contribution in [2.45, 2.75) is 12.2 Å². The molecule has 1 unspecified atom stereocenters. The fourth-order valence-electron chi connectivity index (χ4n) is 0.290. The second-order valence-corrected chi connectivity index (χ2v) is 4.10. The van der Waals surface area contributed by atoms with Crippen molar-refractivity contribution in [1.82, 2.24) is 0 Å². The first kappa shape index (κ1) is 12.3. The van der Waals surface area contributed by atoms with E-state index in [2.05, 4.69) is 31.8 Å². The number of rotatable bonds is 5. The van der Waals surface area contributed by atoms with Gasteiger partial charge < -0.3 is 4.18 Å². The van der Waals surface area contributed by atoms with Gasteiger partial charge in [0.1, 0.15) is 0 Å². The van der Waals surface area contributed by atoms with Gasteiger partial charge in [0.05, 0.1) is 12.0 Å². The van der Waals surface area contributed by atoms with Crippen molar-refractivity contribution in [3.63, 3.8) is 0 Å². The monoisotopic (exact) mass is 224 g/mol. The molecule has 0 bridgehead atoms. The molecular weight excluding hydrogens is 212 g/mol. The van der Waals surface area contributed by atoms with Gasteiger partial charge in [-0.3, -0.25) is 0 Å². The summed E-state index contributed by atoms with van der Waals surface area (Å²) in [6.45, 7) is 5.06. The molecular formula is C7H12O2S3. The highest BCUT2D eigenvalue weighted by Gasteiger charge is 2.06. The van der Waals surface area contributed by atoms with Crippen molar-refractivity contribution >= 4 is 43.3 Å². The Morgan fingerprint density at radius 2 is 2.33 bits per heavy atom. The van der Waals surface area contributed by atoms with E-state index in [9.17, 15) is 4.79 Å². The summed E-state index contributed by atoms with van der Waals surface area (Å²) in [7, 11) is 0. The highest BCUT2D eigenvalue weighted by molar-refractivity contribution is 7.96. The molecule has 0 rings (SSSR count). The lowest BCUT2D eigenvalue weighted by molar-refractivity contribution is -0.128. The molecule has 0 aliphatic heterocycles. The molecule has 0 radical (unpaired) electrons. The van der Waals surface area contributed by atoms with Crippen molar-refractivity contribution in [1.29, 1.82) is 0 Å². The molecule has 0 N–H and O–H groups in total. The first-order valence-electron chi connectivity index (χ1n) is 3.36. The van der Waals surface area contributed by atoms with E-state index in [0.717, 1.165) is 12.0 Å². The Morgan fingerprint density at radius 3 is 2.75 bits per heavy atom. The molecule has 0 aliphatic rings. The molecule has 12 heavy (non-hydrogen) atoms. The van der Waals surface area contributed by atoms with Gasteiger partial charge in [-0.1, -0.05) is 6.58 Å². The maximum atomic E-state index is 10.8. The molecule has 0 aliphatic carbocycles. The molecule has 0 aromatic heterocycles. The highest BCUT2D eigenvalue weighted by Crippen LogP contribution is 2.11. The topological polar surface area (TPSA) is 26.3 Å². The van der Waals surface area contributed by atoms with Gasteiger partial charge in [-0.05, 0) is 6.92 Å². The molecule has 0 saturated heterocycles. The summed E-state index contributed by atoms with van der Waals surface area (Å²) in [6, 6.07) is 0. The Kier molecular flexibility index (Phi) is 6.89. The van der Waals surface area contributed by atoms with E-state index in [1.165, 1.54) is 0 Å². The molecule has 0 amide bonds. The van der Waals surface area contributed by atoms with Gasteiger partial charge in [0, 0.05) is 22.3 Å². The summed E-state index contributed by atoms with van der Waals surface area (Å²) in [6.07, 6.45) is 0. The molecule has 2 nitrogen and oxygen atoms in total.